The van der Waals surface area contributed by atoms with Crippen molar-refractivity contribution < 1.29 is 9.90 Å². The van der Waals surface area contributed by atoms with Crippen LogP contribution in [0.15, 0.2) is 84.9 Å². The van der Waals surface area contributed by atoms with Gasteiger partial charge >= 0.3 is 0 Å². The van der Waals surface area contributed by atoms with Crippen LogP contribution in [-0.4, -0.2) is 17.6 Å². The highest BCUT2D eigenvalue weighted by Gasteiger charge is 2.28. The van der Waals surface area contributed by atoms with Crippen LogP contribution >= 0.6 is 11.6 Å². The lowest BCUT2D eigenvalue weighted by molar-refractivity contribution is -0.117. The van der Waals surface area contributed by atoms with Crippen molar-refractivity contribution in [3.05, 3.63) is 90.0 Å². The van der Waals surface area contributed by atoms with Crippen molar-refractivity contribution in [1.29, 1.82) is 0 Å². The second kappa shape index (κ2) is 9.33. The number of aromatic hydroxyl groups is 1. The van der Waals surface area contributed by atoms with Crippen LogP contribution in [0, 0.1) is 0 Å². The first-order valence-electron chi connectivity index (χ1n) is 10.8. The standard InChI is InChI=1S/C25H19ClN2O2.C2H6/c26-19-6-9-20(10-7-19)27-14-13-25(30)28(23-12-11-22(29)16-24(23)27)21-8-5-17-3-1-2-4-18(17)15-21;1-2/h1-12,15-16,29H,13-14H2;1-2H3. The molecule has 5 rings (SSSR count). The van der Waals surface area contributed by atoms with E-state index in [4.69, 9.17) is 11.6 Å². The molecule has 0 saturated heterocycles. The molecule has 5 heteroatoms. The summed E-state index contributed by atoms with van der Waals surface area (Å²) >= 11 is 6.06. The Morgan fingerprint density at radius 1 is 0.781 bits per heavy atom. The number of phenols is 1. The molecule has 1 heterocycles. The Hall–Kier alpha value is -3.50. The summed E-state index contributed by atoms with van der Waals surface area (Å²) in [6.07, 6.45) is 0.338. The molecule has 0 fully saturated rings. The quantitative estimate of drug-likeness (QED) is 0.349. The van der Waals surface area contributed by atoms with Crippen molar-refractivity contribution >= 4 is 51.0 Å². The van der Waals surface area contributed by atoms with E-state index in [-0.39, 0.29) is 11.7 Å². The first-order chi connectivity index (χ1) is 15.6. The second-order valence-corrected chi connectivity index (χ2v) is 7.75. The van der Waals surface area contributed by atoms with Gasteiger partial charge in [0.15, 0.2) is 0 Å². The fourth-order valence-corrected chi connectivity index (χ4v) is 4.11. The number of halogens is 1. The predicted molar refractivity (Wildman–Crippen MR) is 134 cm³/mol. The van der Waals surface area contributed by atoms with Crippen molar-refractivity contribution in [3.63, 3.8) is 0 Å². The summed E-state index contributed by atoms with van der Waals surface area (Å²) in [5, 5.41) is 13.0. The van der Waals surface area contributed by atoms with Crippen LogP contribution in [0.4, 0.5) is 22.7 Å². The number of benzene rings is 4. The second-order valence-electron chi connectivity index (χ2n) is 7.31. The van der Waals surface area contributed by atoms with E-state index in [9.17, 15) is 9.90 Å². The van der Waals surface area contributed by atoms with Gasteiger partial charge in [0.2, 0.25) is 5.91 Å². The first kappa shape index (κ1) is 21.7. The molecule has 0 aliphatic carbocycles. The van der Waals surface area contributed by atoms with E-state index in [1.807, 2.05) is 79.4 Å². The summed E-state index contributed by atoms with van der Waals surface area (Å²) < 4.78 is 0. The van der Waals surface area contributed by atoms with Gasteiger partial charge in [0.1, 0.15) is 5.75 Å². The largest absolute Gasteiger partial charge is 0.508 e. The number of hydrogen-bond donors (Lipinski definition) is 1. The maximum absolute atomic E-state index is 13.2. The lowest BCUT2D eigenvalue weighted by Gasteiger charge is -2.27. The third kappa shape index (κ3) is 4.14. The van der Waals surface area contributed by atoms with Gasteiger partial charge in [0, 0.05) is 35.4 Å². The van der Waals surface area contributed by atoms with Gasteiger partial charge in [-0.1, -0.05) is 55.8 Å². The number of fused-ring (bicyclic) bond motifs is 2. The Balaban J connectivity index is 0.00000119. The van der Waals surface area contributed by atoms with Gasteiger partial charge in [0.05, 0.1) is 11.4 Å². The number of nitrogens with zero attached hydrogens (tertiary/aromatic N) is 2. The SMILES string of the molecule is CC.O=C1CCN(c2ccc(Cl)cc2)c2cc(O)ccc2N1c1ccc2ccccc2c1. The Kier molecular flexibility index (Phi) is 6.33. The molecular formula is C27H25ClN2O2. The molecule has 4 aromatic carbocycles. The summed E-state index contributed by atoms with van der Waals surface area (Å²) in [5.41, 5.74) is 3.24. The van der Waals surface area contributed by atoms with Crippen molar-refractivity contribution in [2.24, 2.45) is 0 Å². The summed E-state index contributed by atoms with van der Waals surface area (Å²) in [6, 6.07) is 26.7. The Morgan fingerprint density at radius 3 is 2.22 bits per heavy atom. The molecule has 4 aromatic rings. The minimum atomic E-state index is 0.00804. The number of phenolic OH excluding ortho intramolecular Hbond substituents is 1. The highest BCUT2D eigenvalue weighted by atomic mass is 35.5. The molecule has 0 spiro atoms. The molecule has 0 atom stereocenters. The van der Waals surface area contributed by atoms with Gasteiger partial charge in [-0.05, 0) is 59.3 Å². The monoisotopic (exact) mass is 444 g/mol. The summed E-state index contributed by atoms with van der Waals surface area (Å²) in [5.74, 6) is 0.161. The van der Waals surface area contributed by atoms with E-state index in [0.717, 1.165) is 33.5 Å². The van der Waals surface area contributed by atoms with E-state index in [1.54, 1.807) is 23.1 Å². The van der Waals surface area contributed by atoms with Crippen LogP contribution in [0.5, 0.6) is 5.75 Å². The highest BCUT2D eigenvalue weighted by molar-refractivity contribution is 6.30. The van der Waals surface area contributed by atoms with E-state index in [2.05, 4.69) is 6.07 Å². The Labute approximate surface area is 193 Å². The summed E-state index contributed by atoms with van der Waals surface area (Å²) in [7, 11) is 0. The van der Waals surface area contributed by atoms with E-state index < -0.39 is 0 Å². The fourth-order valence-electron chi connectivity index (χ4n) is 3.98. The van der Waals surface area contributed by atoms with E-state index >= 15 is 0 Å². The zero-order valence-electron chi connectivity index (χ0n) is 18.1. The smallest absolute Gasteiger partial charge is 0.233 e. The van der Waals surface area contributed by atoms with Gasteiger partial charge in [-0.15, -0.1) is 0 Å². The molecule has 1 N–H and O–H groups in total. The molecule has 0 radical (unpaired) electrons. The molecule has 4 nitrogen and oxygen atoms in total. The third-order valence-corrected chi connectivity index (χ3v) is 5.67. The fraction of sp³-hybridized carbons (Fsp3) is 0.148. The number of carbonyl (C=O) groups excluding carboxylic acids is 1. The predicted octanol–water partition coefficient (Wildman–Crippen LogP) is 7.43. The van der Waals surface area contributed by atoms with Crippen molar-refractivity contribution in [2.75, 3.05) is 16.3 Å². The molecule has 1 aliphatic heterocycles. The van der Waals surface area contributed by atoms with Crippen LogP contribution in [0.3, 0.4) is 0 Å². The molecule has 0 saturated carbocycles. The first-order valence-corrected chi connectivity index (χ1v) is 11.2. The topological polar surface area (TPSA) is 43.8 Å². The average Bonchev–Trinajstić information content (AvgIpc) is 2.96. The van der Waals surface area contributed by atoms with E-state index in [1.165, 1.54) is 0 Å². The molecule has 0 aromatic heterocycles. The van der Waals surface area contributed by atoms with Crippen LogP contribution in [-0.2, 0) is 4.79 Å². The number of anilines is 4. The number of hydrogen-bond acceptors (Lipinski definition) is 3. The zero-order chi connectivity index (χ0) is 22.7. The number of amides is 1. The average molecular weight is 445 g/mol. The summed E-state index contributed by atoms with van der Waals surface area (Å²) in [6.45, 7) is 4.50. The van der Waals surface area contributed by atoms with Gasteiger partial charge in [-0.25, -0.2) is 0 Å². The minimum absolute atomic E-state index is 0.00804. The van der Waals surface area contributed by atoms with E-state index in [0.29, 0.717) is 18.0 Å². The minimum Gasteiger partial charge on any atom is -0.508 e. The number of carbonyl (C=O) groups is 1. The molecule has 0 bridgehead atoms. The molecule has 32 heavy (non-hydrogen) atoms. The van der Waals surface area contributed by atoms with Crippen molar-refractivity contribution in [2.45, 2.75) is 20.3 Å². The maximum Gasteiger partial charge on any atom is 0.233 e. The number of rotatable bonds is 2. The lowest BCUT2D eigenvalue weighted by Crippen LogP contribution is -2.25. The van der Waals surface area contributed by atoms with Gasteiger partial charge in [0.25, 0.3) is 0 Å². The van der Waals surface area contributed by atoms with Crippen molar-refractivity contribution in [3.8, 4) is 5.75 Å². The Bertz CT molecular complexity index is 1250. The van der Waals surface area contributed by atoms with Crippen LogP contribution in [0.1, 0.15) is 20.3 Å². The maximum atomic E-state index is 13.2. The molecule has 162 valence electrons. The van der Waals surface area contributed by atoms with Gasteiger partial charge in [-0.3, -0.25) is 9.69 Å². The summed E-state index contributed by atoms with van der Waals surface area (Å²) in [4.78, 5) is 17.0. The zero-order valence-corrected chi connectivity index (χ0v) is 18.9. The van der Waals surface area contributed by atoms with Gasteiger partial charge in [-0.2, -0.15) is 0 Å². The highest BCUT2D eigenvalue weighted by Crippen LogP contribution is 2.43. The van der Waals surface area contributed by atoms with Crippen LogP contribution in [0.25, 0.3) is 10.8 Å². The van der Waals surface area contributed by atoms with Crippen LogP contribution < -0.4 is 9.80 Å². The van der Waals surface area contributed by atoms with Crippen LogP contribution in [0.2, 0.25) is 5.02 Å². The molecular weight excluding hydrogens is 420 g/mol. The molecule has 1 aliphatic rings. The lowest BCUT2D eigenvalue weighted by atomic mass is 10.1. The normalized spacial score (nSPS) is 13.3. The Morgan fingerprint density at radius 2 is 1.47 bits per heavy atom. The molecule has 0 unspecified atom stereocenters. The van der Waals surface area contributed by atoms with Crippen molar-refractivity contribution in [1.82, 2.24) is 0 Å². The van der Waals surface area contributed by atoms with Gasteiger partial charge < -0.3 is 10.0 Å². The molecule has 1 amide bonds. The third-order valence-electron chi connectivity index (χ3n) is 5.42.